The fraction of sp³-hybridized carbons (Fsp3) is 0.294. The third-order valence-corrected chi connectivity index (χ3v) is 3.63. The summed E-state index contributed by atoms with van der Waals surface area (Å²) in [4.78, 5) is 11.7. The number of halogens is 4. The molecule has 0 atom stereocenters. The molecule has 2 aromatic carbocycles. The van der Waals surface area contributed by atoms with Crippen LogP contribution in [0.3, 0.4) is 0 Å². The van der Waals surface area contributed by atoms with Crippen LogP contribution >= 0.6 is 0 Å². The van der Waals surface area contributed by atoms with Crippen molar-refractivity contribution in [1.82, 2.24) is 0 Å². The van der Waals surface area contributed by atoms with E-state index < -0.39 is 22.5 Å². The van der Waals surface area contributed by atoms with Crippen molar-refractivity contribution in [3.8, 4) is 0 Å². The first-order chi connectivity index (χ1) is 11.7. The summed E-state index contributed by atoms with van der Waals surface area (Å²) in [7, 11) is 0. The van der Waals surface area contributed by atoms with Crippen LogP contribution in [-0.2, 0) is 12.7 Å². The zero-order chi connectivity index (χ0) is 18.6. The van der Waals surface area contributed by atoms with Crippen LogP contribution in [0.1, 0.15) is 24.5 Å². The summed E-state index contributed by atoms with van der Waals surface area (Å²) in [6, 6.07) is 7.99. The number of rotatable bonds is 6. The first kappa shape index (κ1) is 18.7. The molecule has 0 radical (unpaired) electrons. The molecule has 134 valence electrons. The lowest BCUT2D eigenvalue weighted by molar-refractivity contribution is -0.385. The fourth-order valence-corrected chi connectivity index (χ4v) is 2.44. The zero-order valence-corrected chi connectivity index (χ0v) is 13.4. The molecule has 0 aliphatic heterocycles. The molecule has 4 nitrogen and oxygen atoms in total. The maximum Gasteiger partial charge on any atom is 0.416 e. The molecule has 25 heavy (non-hydrogen) atoms. The topological polar surface area (TPSA) is 46.4 Å². The smallest absolute Gasteiger partial charge is 0.365 e. The van der Waals surface area contributed by atoms with Crippen molar-refractivity contribution in [2.75, 3.05) is 11.4 Å². The highest BCUT2D eigenvalue weighted by molar-refractivity contribution is 5.52. The second kappa shape index (κ2) is 7.50. The van der Waals surface area contributed by atoms with Gasteiger partial charge in [0.05, 0.1) is 22.2 Å². The molecule has 0 aliphatic carbocycles. The normalized spacial score (nSPS) is 11.4. The highest BCUT2D eigenvalue weighted by Gasteiger charge is 2.30. The van der Waals surface area contributed by atoms with Crippen molar-refractivity contribution >= 4 is 11.4 Å². The van der Waals surface area contributed by atoms with Gasteiger partial charge in [0.15, 0.2) is 5.82 Å². The minimum Gasteiger partial charge on any atom is -0.365 e. The van der Waals surface area contributed by atoms with Gasteiger partial charge in [0.2, 0.25) is 0 Å². The maximum atomic E-state index is 14.2. The molecule has 0 heterocycles. The van der Waals surface area contributed by atoms with Crippen molar-refractivity contribution in [1.29, 1.82) is 0 Å². The van der Waals surface area contributed by atoms with E-state index in [1.807, 2.05) is 6.92 Å². The third-order valence-electron chi connectivity index (χ3n) is 3.63. The summed E-state index contributed by atoms with van der Waals surface area (Å²) in [5.74, 6) is -0.741. The molecule has 0 aromatic heterocycles. The molecule has 2 rings (SSSR count). The van der Waals surface area contributed by atoms with E-state index in [9.17, 15) is 27.7 Å². The number of alkyl halides is 3. The van der Waals surface area contributed by atoms with Crippen LogP contribution in [0.15, 0.2) is 42.5 Å². The summed E-state index contributed by atoms with van der Waals surface area (Å²) >= 11 is 0. The molecule has 0 amide bonds. The molecule has 0 fully saturated rings. The molecule has 8 heteroatoms. The summed E-state index contributed by atoms with van der Waals surface area (Å²) in [6.45, 7) is 2.53. The van der Waals surface area contributed by atoms with Crippen LogP contribution in [0, 0.1) is 15.9 Å². The van der Waals surface area contributed by atoms with Gasteiger partial charge in [-0.1, -0.05) is 19.1 Å². The lowest BCUT2D eigenvalue weighted by Gasteiger charge is -2.25. The number of anilines is 1. The van der Waals surface area contributed by atoms with Gasteiger partial charge < -0.3 is 4.90 Å². The molecular formula is C17H16F4N2O2. The fourth-order valence-electron chi connectivity index (χ4n) is 2.44. The monoisotopic (exact) mass is 356 g/mol. The van der Waals surface area contributed by atoms with Crippen molar-refractivity contribution < 1.29 is 22.5 Å². The molecule has 0 unspecified atom stereocenters. The Labute approximate surface area is 141 Å². The minimum absolute atomic E-state index is 0.173. The Kier molecular flexibility index (Phi) is 5.61. The molecule has 0 N–H and O–H groups in total. The van der Waals surface area contributed by atoms with Crippen LogP contribution in [0.25, 0.3) is 0 Å². The Morgan fingerprint density at radius 3 is 2.24 bits per heavy atom. The highest BCUT2D eigenvalue weighted by atomic mass is 19.4. The predicted octanol–water partition coefficient (Wildman–Crippen LogP) is 5.17. The average Bonchev–Trinajstić information content (AvgIpc) is 2.54. The zero-order valence-electron chi connectivity index (χ0n) is 13.4. The van der Waals surface area contributed by atoms with E-state index in [-0.39, 0.29) is 17.9 Å². The van der Waals surface area contributed by atoms with E-state index in [0.29, 0.717) is 18.5 Å². The van der Waals surface area contributed by atoms with Crippen LogP contribution < -0.4 is 4.90 Å². The van der Waals surface area contributed by atoms with Gasteiger partial charge in [-0.15, -0.1) is 0 Å². The maximum absolute atomic E-state index is 14.2. The number of nitrogens with zero attached hydrogens (tertiary/aromatic N) is 2. The number of non-ortho nitro benzene ring substituents is 1. The van der Waals surface area contributed by atoms with Gasteiger partial charge >= 0.3 is 6.18 Å². The largest absolute Gasteiger partial charge is 0.416 e. The second-order valence-corrected chi connectivity index (χ2v) is 5.51. The Balaban J connectivity index is 2.25. The molecule has 0 saturated heterocycles. The van der Waals surface area contributed by atoms with Crippen molar-refractivity contribution in [2.45, 2.75) is 26.1 Å². The van der Waals surface area contributed by atoms with E-state index in [2.05, 4.69) is 0 Å². The predicted molar refractivity (Wildman–Crippen MR) is 85.8 cm³/mol. The van der Waals surface area contributed by atoms with E-state index in [1.165, 1.54) is 24.3 Å². The third kappa shape index (κ3) is 4.68. The lowest BCUT2D eigenvalue weighted by atomic mass is 10.1. The SMILES string of the molecule is CCCN(Cc1ccc(C(F)(F)F)cc1)c1ccc([N+](=O)[O-])cc1F. The van der Waals surface area contributed by atoms with Crippen LogP contribution in [0.4, 0.5) is 28.9 Å². The standard InChI is InChI=1S/C17H16F4N2O2/c1-2-9-22(16-8-7-14(23(24)25)10-15(16)18)11-12-3-5-13(6-4-12)17(19,20)21/h3-8,10H,2,9,11H2,1H3. The van der Waals surface area contributed by atoms with Crippen molar-refractivity contribution in [3.63, 3.8) is 0 Å². The Morgan fingerprint density at radius 1 is 1.12 bits per heavy atom. The van der Waals surface area contributed by atoms with E-state index >= 15 is 0 Å². The first-order valence-electron chi connectivity index (χ1n) is 7.57. The molecule has 0 saturated carbocycles. The average molecular weight is 356 g/mol. The van der Waals surface area contributed by atoms with Gasteiger partial charge in [-0.2, -0.15) is 13.2 Å². The molecule has 0 spiro atoms. The number of hydrogen-bond donors (Lipinski definition) is 0. The Hall–Kier alpha value is -2.64. The van der Waals surface area contributed by atoms with E-state index in [0.717, 1.165) is 18.2 Å². The number of nitro benzene ring substituents is 1. The number of benzene rings is 2. The Morgan fingerprint density at radius 2 is 1.76 bits per heavy atom. The van der Waals surface area contributed by atoms with Gasteiger partial charge in [0.1, 0.15) is 0 Å². The lowest BCUT2D eigenvalue weighted by Crippen LogP contribution is -2.24. The van der Waals surface area contributed by atoms with E-state index in [4.69, 9.17) is 0 Å². The van der Waals surface area contributed by atoms with Crippen LogP contribution in [0.2, 0.25) is 0 Å². The van der Waals surface area contributed by atoms with Gasteiger partial charge in [0, 0.05) is 19.2 Å². The molecular weight excluding hydrogens is 340 g/mol. The summed E-state index contributed by atoms with van der Waals surface area (Å²) in [5.41, 5.74) is -0.349. The molecule has 0 bridgehead atoms. The van der Waals surface area contributed by atoms with Gasteiger partial charge in [0.25, 0.3) is 5.69 Å². The molecule has 0 aliphatic rings. The summed E-state index contributed by atoms with van der Waals surface area (Å²) in [5, 5.41) is 10.7. The molecule has 2 aromatic rings. The van der Waals surface area contributed by atoms with E-state index in [1.54, 1.807) is 4.90 Å². The van der Waals surface area contributed by atoms with Crippen molar-refractivity contribution in [3.05, 3.63) is 69.5 Å². The van der Waals surface area contributed by atoms with Crippen LogP contribution in [-0.4, -0.2) is 11.5 Å². The highest BCUT2D eigenvalue weighted by Crippen LogP contribution is 2.30. The van der Waals surface area contributed by atoms with Gasteiger partial charge in [-0.25, -0.2) is 4.39 Å². The van der Waals surface area contributed by atoms with Crippen molar-refractivity contribution in [2.24, 2.45) is 0 Å². The van der Waals surface area contributed by atoms with Crippen LogP contribution in [0.5, 0.6) is 0 Å². The van der Waals surface area contributed by atoms with Gasteiger partial charge in [-0.05, 0) is 30.2 Å². The quantitative estimate of drug-likeness (QED) is 0.408. The number of hydrogen-bond acceptors (Lipinski definition) is 3. The summed E-state index contributed by atoms with van der Waals surface area (Å²) < 4.78 is 52.0. The number of nitro groups is 1. The Bertz CT molecular complexity index is 745. The minimum atomic E-state index is -4.41. The second-order valence-electron chi connectivity index (χ2n) is 5.51. The first-order valence-corrected chi connectivity index (χ1v) is 7.57. The van der Waals surface area contributed by atoms with Gasteiger partial charge in [-0.3, -0.25) is 10.1 Å². The summed E-state index contributed by atoms with van der Waals surface area (Å²) in [6.07, 6.45) is -3.73.